The lowest BCUT2D eigenvalue weighted by Crippen LogP contribution is -2.20. The molecule has 2 N–H and O–H groups in total. The number of aromatic nitrogens is 2. The van der Waals surface area contributed by atoms with Crippen LogP contribution in [-0.4, -0.2) is 17.3 Å². The van der Waals surface area contributed by atoms with Crippen molar-refractivity contribution >= 4 is 12.2 Å². The SMILES string of the molecule is COc1ccc2c(c1)=C/C(=C\c1c(CCc3ccccc3)[nH][nH]c1=O)N=2. The van der Waals surface area contributed by atoms with Gasteiger partial charge in [-0.25, -0.2) is 4.99 Å². The number of benzene rings is 2. The highest BCUT2D eigenvalue weighted by Crippen LogP contribution is 2.13. The topological polar surface area (TPSA) is 70.2 Å². The third kappa shape index (κ3) is 3.24. The Morgan fingerprint density at radius 1 is 1.08 bits per heavy atom. The number of methoxy groups -OCH3 is 1. The molecular formula is C21H19N3O2. The smallest absolute Gasteiger partial charge is 0.271 e. The molecule has 0 amide bonds. The van der Waals surface area contributed by atoms with Crippen molar-refractivity contribution in [1.82, 2.24) is 10.2 Å². The Hall–Kier alpha value is -3.34. The number of aryl methyl sites for hydroxylation is 2. The molecule has 0 saturated carbocycles. The van der Waals surface area contributed by atoms with Gasteiger partial charge in [0.2, 0.25) is 0 Å². The van der Waals surface area contributed by atoms with Crippen molar-refractivity contribution < 1.29 is 4.74 Å². The largest absolute Gasteiger partial charge is 0.497 e. The van der Waals surface area contributed by atoms with E-state index in [1.807, 2.05) is 48.6 Å². The lowest BCUT2D eigenvalue weighted by molar-refractivity contribution is 0.414. The van der Waals surface area contributed by atoms with E-state index in [0.29, 0.717) is 5.56 Å². The fourth-order valence-corrected chi connectivity index (χ4v) is 3.10. The van der Waals surface area contributed by atoms with Crippen LogP contribution in [0.1, 0.15) is 16.8 Å². The van der Waals surface area contributed by atoms with E-state index in [4.69, 9.17) is 4.74 Å². The van der Waals surface area contributed by atoms with Crippen LogP contribution in [0.15, 0.2) is 64.0 Å². The number of fused-ring (bicyclic) bond motifs is 1. The molecular weight excluding hydrogens is 326 g/mol. The lowest BCUT2D eigenvalue weighted by Gasteiger charge is -2.01. The molecule has 5 nitrogen and oxygen atoms in total. The van der Waals surface area contributed by atoms with Crippen molar-refractivity contribution in [3.63, 3.8) is 0 Å². The molecule has 0 aliphatic carbocycles. The zero-order chi connectivity index (χ0) is 17.9. The second-order valence-corrected chi connectivity index (χ2v) is 6.21. The van der Waals surface area contributed by atoms with Crippen LogP contribution in [-0.2, 0) is 12.8 Å². The van der Waals surface area contributed by atoms with E-state index in [0.717, 1.165) is 40.6 Å². The number of nitrogens with zero attached hydrogens (tertiary/aromatic N) is 1. The minimum Gasteiger partial charge on any atom is -0.497 e. The van der Waals surface area contributed by atoms with Gasteiger partial charge in [-0.1, -0.05) is 30.3 Å². The van der Waals surface area contributed by atoms with Crippen LogP contribution in [0.2, 0.25) is 0 Å². The molecule has 0 saturated heterocycles. The molecule has 5 heteroatoms. The van der Waals surface area contributed by atoms with Gasteiger partial charge in [0.25, 0.3) is 5.56 Å². The zero-order valence-electron chi connectivity index (χ0n) is 14.5. The maximum absolute atomic E-state index is 12.2. The molecule has 3 aromatic rings. The van der Waals surface area contributed by atoms with E-state index >= 15 is 0 Å². The maximum atomic E-state index is 12.2. The van der Waals surface area contributed by atoms with Crippen molar-refractivity contribution in [2.45, 2.75) is 12.8 Å². The highest BCUT2D eigenvalue weighted by Gasteiger charge is 2.10. The minimum atomic E-state index is -0.127. The van der Waals surface area contributed by atoms with Crippen LogP contribution in [0, 0.1) is 0 Å². The molecule has 0 bridgehead atoms. The highest BCUT2D eigenvalue weighted by molar-refractivity contribution is 5.66. The number of hydrogen-bond acceptors (Lipinski definition) is 3. The first-order chi connectivity index (χ1) is 12.7. The Kier molecular flexibility index (Phi) is 4.27. The number of aromatic amines is 2. The van der Waals surface area contributed by atoms with E-state index in [-0.39, 0.29) is 5.56 Å². The molecule has 0 fully saturated rings. The van der Waals surface area contributed by atoms with Gasteiger partial charge in [0.05, 0.1) is 23.7 Å². The summed E-state index contributed by atoms with van der Waals surface area (Å²) in [5.41, 5.74) is 3.40. The number of H-pyrrole nitrogens is 2. The van der Waals surface area contributed by atoms with Crippen LogP contribution in [0.4, 0.5) is 0 Å². The molecule has 26 heavy (non-hydrogen) atoms. The summed E-state index contributed by atoms with van der Waals surface area (Å²) in [6.07, 6.45) is 5.42. The third-order valence-corrected chi connectivity index (χ3v) is 4.48. The summed E-state index contributed by atoms with van der Waals surface area (Å²) in [4.78, 5) is 16.8. The van der Waals surface area contributed by atoms with Crippen LogP contribution in [0.3, 0.4) is 0 Å². The minimum absolute atomic E-state index is 0.127. The maximum Gasteiger partial charge on any atom is 0.271 e. The van der Waals surface area contributed by atoms with Crippen LogP contribution in [0.5, 0.6) is 5.75 Å². The number of allylic oxidation sites excluding steroid dienone is 1. The van der Waals surface area contributed by atoms with Crippen molar-refractivity contribution in [3.8, 4) is 5.75 Å². The van der Waals surface area contributed by atoms with Gasteiger partial charge >= 0.3 is 0 Å². The first-order valence-corrected chi connectivity index (χ1v) is 8.52. The molecule has 2 heterocycles. The lowest BCUT2D eigenvalue weighted by atomic mass is 10.1. The summed E-state index contributed by atoms with van der Waals surface area (Å²) in [6.45, 7) is 0. The van der Waals surface area contributed by atoms with Gasteiger partial charge in [0, 0.05) is 10.9 Å². The Bertz CT molecular complexity index is 1140. The van der Waals surface area contributed by atoms with E-state index in [1.165, 1.54) is 5.56 Å². The average Bonchev–Trinajstić information content (AvgIpc) is 3.24. The second-order valence-electron chi connectivity index (χ2n) is 6.21. The molecule has 1 aliphatic rings. The predicted molar refractivity (Wildman–Crippen MR) is 101 cm³/mol. The quantitative estimate of drug-likeness (QED) is 0.742. The third-order valence-electron chi connectivity index (χ3n) is 4.48. The van der Waals surface area contributed by atoms with Gasteiger partial charge in [0.1, 0.15) is 5.75 Å². The summed E-state index contributed by atoms with van der Waals surface area (Å²) >= 11 is 0. The molecule has 0 spiro atoms. The zero-order valence-corrected chi connectivity index (χ0v) is 14.5. The molecule has 130 valence electrons. The molecule has 2 aromatic carbocycles. The van der Waals surface area contributed by atoms with Gasteiger partial charge in [-0.15, -0.1) is 0 Å². The average molecular weight is 345 g/mol. The van der Waals surface area contributed by atoms with Gasteiger partial charge in [-0.3, -0.25) is 9.89 Å². The summed E-state index contributed by atoms with van der Waals surface area (Å²) in [6, 6.07) is 16.0. The van der Waals surface area contributed by atoms with Crippen molar-refractivity contribution in [1.29, 1.82) is 0 Å². The number of hydrogen-bond donors (Lipinski definition) is 2. The predicted octanol–water partition coefficient (Wildman–Crippen LogP) is 1.95. The van der Waals surface area contributed by atoms with Gasteiger partial charge in [-0.05, 0) is 48.8 Å². The standard InChI is InChI=1S/C21H19N3O2/c1-26-17-8-10-19-15(12-17)11-16(22-19)13-18-20(23-24-21(18)25)9-7-14-5-3-2-4-6-14/h2-6,8,10-13H,7,9H2,1H3,(H2,23,24,25)/b16-13+. The first-order valence-electron chi connectivity index (χ1n) is 8.52. The highest BCUT2D eigenvalue weighted by atomic mass is 16.5. The molecule has 0 atom stereocenters. The fraction of sp³-hybridized carbons (Fsp3) is 0.143. The molecule has 0 radical (unpaired) electrons. The van der Waals surface area contributed by atoms with Crippen molar-refractivity contribution in [3.05, 3.63) is 92.0 Å². The fourth-order valence-electron chi connectivity index (χ4n) is 3.10. The van der Waals surface area contributed by atoms with E-state index < -0.39 is 0 Å². The van der Waals surface area contributed by atoms with E-state index in [9.17, 15) is 4.79 Å². The Balaban J connectivity index is 1.63. The van der Waals surface area contributed by atoms with Crippen LogP contribution < -0.4 is 20.9 Å². The first kappa shape index (κ1) is 16.1. The van der Waals surface area contributed by atoms with E-state index in [1.54, 1.807) is 7.11 Å². The monoisotopic (exact) mass is 345 g/mol. The summed E-state index contributed by atoms with van der Waals surface area (Å²) in [7, 11) is 1.64. The van der Waals surface area contributed by atoms with Gasteiger partial charge in [0.15, 0.2) is 0 Å². The molecule has 1 aliphatic heterocycles. The van der Waals surface area contributed by atoms with Crippen LogP contribution in [0.25, 0.3) is 12.2 Å². The van der Waals surface area contributed by atoms with Crippen molar-refractivity contribution in [2.24, 2.45) is 4.99 Å². The Morgan fingerprint density at radius 2 is 1.92 bits per heavy atom. The van der Waals surface area contributed by atoms with E-state index in [2.05, 4.69) is 27.3 Å². The Morgan fingerprint density at radius 3 is 2.73 bits per heavy atom. The normalized spacial score (nSPS) is 14.0. The molecule has 1 aromatic heterocycles. The van der Waals surface area contributed by atoms with Gasteiger partial charge in [-0.2, -0.15) is 0 Å². The number of rotatable bonds is 5. The summed E-state index contributed by atoms with van der Waals surface area (Å²) < 4.78 is 5.25. The second kappa shape index (κ2) is 6.88. The van der Waals surface area contributed by atoms with Crippen LogP contribution >= 0.6 is 0 Å². The van der Waals surface area contributed by atoms with Gasteiger partial charge < -0.3 is 9.84 Å². The molecule has 0 unspecified atom stereocenters. The summed E-state index contributed by atoms with van der Waals surface area (Å²) in [5.74, 6) is 0.791. The number of nitrogens with one attached hydrogen (secondary N) is 2. The number of ether oxygens (including phenoxy) is 1. The van der Waals surface area contributed by atoms with Crippen molar-refractivity contribution in [2.75, 3.05) is 7.11 Å². The summed E-state index contributed by atoms with van der Waals surface area (Å²) in [5, 5.41) is 7.56. The molecule has 4 rings (SSSR count). The Labute approximate surface area is 150 Å².